The third-order valence-corrected chi connectivity index (χ3v) is 3.00. The number of halogens is 2. The van der Waals surface area contributed by atoms with E-state index in [0.717, 1.165) is 5.56 Å². The summed E-state index contributed by atoms with van der Waals surface area (Å²) in [5.41, 5.74) is 2.14. The van der Waals surface area contributed by atoms with E-state index in [9.17, 15) is 4.39 Å². The van der Waals surface area contributed by atoms with E-state index in [2.05, 4.69) is 6.07 Å². The van der Waals surface area contributed by atoms with Gasteiger partial charge in [0.2, 0.25) is 0 Å². The molecule has 2 aromatic carbocycles. The summed E-state index contributed by atoms with van der Waals surface area (Å²) < 4.78 is 18.9. The molecule has 2 rings (SSSR count). The highest BCUT2D eigenvalue weighted by Gasteiger charge is 2.04. The van der Waals surface area contributed by atoms with Crippen molar-refractivity contribution in [2.24, 2.45) is 0 Å². The summed E-state index contributed by atoms with van der Waals surface area (Å²) in [5.74, 6) is 0.152. The lowest BCUT2D eigenvalue weighted by atomic mass is 10.1. The predicted octanol–water partition coefficient (Wildman–Crippen LogP) is 4.24. The minimum Gasteiger partial charge on any atom is -0.489 e. The molecule has 0 heterocycles. The van der Waals surface area contributed by atoms with Crippen molar-refractivity contribution >= 4 is 11.6 Å². The molecule has 0 saturated carbocycles. The van der Waals surface area contributed by atoms with Crippen LogP contribution in [0, 0.1) is 24.1 Å². The van der Waals surface area contributed by atoms with Gasteiger partial charge in [-0.05, 0) is 42.3 Å². The summed E-state index contributed by atoms with van der Waals surface area (Å²) in [6.45, 7) is 2.11. The summed E-state index contributed by atoms with van der Waals surface area (Å²) in [6, 6.07) is 11.8. The molecule has 0 unspecified atom stereocenters. The lowest BCUT2D eigenvalue weighted by molar-refractivity contribution is 0.303. The Balaban J connectivity index is 2.14. The molecule has 2 aromatic rings. The van der Waals surface area contributed by atoms with Gasteiger partial charge in [-0.25, -0.2) is 4.39 Å². The van der Waals surface area contributed by atoms with Crippen LogP contribution in [0.5, 0.6) is 5.75 Å². The number of ether oxygens (including phenoxy) is 1. The Hall–Kier alpha value is -2.05. The monoisotopic (exact) mass is 275 g/mol. The van der Waals surface area contributed by atoms with Crippen LogP contribution >= 0.6 is 11.6 Å². The minimum atomic E-state index is -0.467. The van der Waals surface area contributed by atoms with Gasteiger partial charge in [-0.3, -0.25) is 0 Å². The normalized spacial score (nSPS) is 10.0. The number of nitrogens with zero attached hydrogens (tertiary/aromatic N) is 1. The second kappa shape index (κ2) is 5.73. The van der Waals surface area contributed by atoms with Crippen LogP contribution in [0.4, 0.5) is 4.39 Å². The zero-order valence-corrected chi connectivity index (χ0v) is 11.0. The van der Waals surface area contributed by atoms with Gasteiger partial charge in [0.1, 0.15) is 18.2 Å². The fourth-order valence-corrected chi connectivity index (χ4v) is 1.73. The first kappa shape index (κ1) is 13.4. The molecule has 0 aliphatic heterocycles. The van der Waals surface area contributed by atoms with Crippen LogP contribution in [0.3, 0.4) is 0 Å². The lowest BCUT2D eigenvalue weighted by Gasteiger charge is -2.09. The van der Waals surface area contributed by atoms with Crippen LogP contribution in [-0.2, 0) is 6.61 Å². The van der Waals surface area contributed by atoms with E-state index >= 15 is 0 Å². The van der Waals surface area contributed by atoms with Crippen LogP contribution < -0.4 is 4.74 Å². The van der Waals surface area contributed by atoms with Gasteiger partial charge < -0.3 is 4.74 Å². The minimum absolute atomic E-state index is 0.0893. The third-order valence-electron chi connectivity index (χ3n) is 2.70. The highest BCUT2D eigenvalue weighted by Crippen LogP contribution is 2.21. The van der Waals surface area contributed by atoms with Crippen molar-refractivity contribution in [1.82, 2.24) is 0 Å². The Bertz CT molecular complexity index is 649. The average Bonchev–Trinajstić information content (AvgIpc) is 2.41. The fraction of sp³-hybridized carbons (Fsp3) is 0.133. The van der Waals surface area contributed by atoms with Gasteiger partial charge >= 0.3 is 0 Å². The van der Waals surface area contributed by atoms with Crippen LogP contribution in [0.2, 0.25) is 5.02 Å². The molecule has 0 N–H and O–H groups in total. The maximum absolute atomic E-state index is 13.3. The van der Waals surface area contributed by atoms with Gasteiger partial charge in [0, 0.05) is 0 Å². The molecule has 0 atom stereocenters. The molecule has 0 bridgehead atoms. The largest absolute Gasteiger partial charge is 0.489 e. The maximum atomic E-state index is 13.3. The second-order valence-electron chi connectivity index (χ2n) is 4.13. The Morgan fingerprint density at radius 3 is 2.74 bits per heavy atom. The van der Waals surface area contributed by atoms with Crippen molar-refractivity contribution < 1.29 is 9.13 Å². The SMILES string of the molecule is Cc1ccc(C#N)cc1OCc1ccc(Cl)c(F)c1. The summed E-state index contributed by atoms with van der Waals surface area (Å²) in [6.07, 6.45) is 0. The quantitative estimate of drug-likeness (QED) is 0.839. The van der Waals surface area contributed by atoms with E-state index in [1.54, 1.807) is 18.2 Å². The standard InChI is InChI=1S/C15H11ClFNO/c1-10-2-3-11(8-18)7-15(10)19-9-12-4-5-13(16)14(17)6-12/h2-7H,9H2,1H3. The van der Waals surface area contributed by atoms with Crippen LogP contribution in [-0.4, -0.2) is 0 Å². The van der Waals surface area contributed by atoms with Crippen molar-refractivity contribution in [1.29, 1.82) is 5.26 Å². The molecular weight excluding hydrogens is 265 g/mol. The molecule has 4 heteroatoms. The predicted molar refractivity (Wildman–Crippen MR) is 71.6 cm³/mol. The van der Waals surface area contributed by atoms with Crippen molar-refractivity contribution in [2.45, 2.75) is 13.5 Å². The molecular formula is C15H11ClFNO. The first-order valence-electron chi connectivity index (χ1n) is 5.67. The van der Waals surface area contributed by atoms with E-state index in [1.165, 1.54) is 12.1 Å². The molecule has 0 spiro atoms. The van der Waals surface area contributed by atoms with Crippen LogP contribution in [0.25, 0.3) is 0 Å². The highest BCUT2D eigenvalue weighted by atomic mass is 35.5. The second-order valence-corrected chi connectivity index (χ2v) is 4.54. The van der Waals surface area contributed by atoms with Gasteiger partial charge in [-0.2, -0.15) is 5.26 Å². The van der Waals surface area contributed by atoms with E-state index in [0.29, 0.717) is 16.9 Å². The Morgan fingerprint density at radius 1 is 1.26 bits per heavy atom. The number of benzene rings is 2. The Kier molecular flexibility index (Phi) is 4.03. The number of nitriles is 1. The van der Waals surface area contributed by atoms with Crippen LogP contribution in [0.15, 0.2) is 36.4 Å². The summed E-state index contributed by atoms with van der Waals surface area (Å²) >= 11 is 5.61. The lowest BCUT2D eigenvalue weighted by Crippen LogP contribution is -1.98. The topological polar surface area (TPSA) is 33.0 Å². The van der Waals surface area contributed by atoms with Gasteiger partial charge in [-0.15, -0.1) is 0 Å². The van der Waals surface area contributed by atoms with Gasteiger partial charge in [0.15, 0.2) is 0 Å². The summed E-state index contributed by atoms with van der Waals surface area (Å²) in [4.78, 5) is 0. The Labute approximate surface area is 116 Å². The molecule has 0 fully saturated rings. The highest BCUT2D eigenvalue weighted by molar-refractivity contribution is 6.30. The molecule has 96 valence electrons. The molecule has 0 aromatic heterocycles. The molecule has 0 aliphatic rings. The molecule has 2 nitrogen and oxygen atoms in total. The van der Waals surface area contributed by atoms with Crippen molar-refractivity contribution in [3.05, 3.63) is 63.9 Å². The van der Waals surface area contributed by atoms with Crippen molar-refractivity contribution in [2.75, 3.05) is 0 Å². The number of hydrogen-bond acceptors (Lipinski definition) is 2. The van der Waals surface area contributed by atoms with Crippen molar-refractivity contribution in [3.8, 4) is 11.8 Å². The Morgan fingerprint density at radius 2 is 2.05 bits per heavy atom. The van der Waals surface area contributed by atoms with Gasteiger partial charge in [-0.1, -0.05) is 23.7 Å². The average molecular weight is 276 g/mol. The van der Waals surface area contributed by atoms with Crippen LogP contribution in [0.1, 0.15) is 16.7 Å². The van der Waals surface area contributed by atoms with E-state index in [4.69, 9.17) is 21.6 Å². The zero-order valence-electron chi connectivity index (χ0n) is 10.3. The maximum Gasteiger partial charge on any atom is 0.142 e. The van der Waals surface area contributed by atoms with E-state index in [1.807, 2.05) is 13.0 Å². The molecule has 0 radical (unpaired) electrons. The molecule has 0 aliphatic carbocycles. The van der Waals surface area contributed by atoms with Crippen molar-refractivity contribution in [3.63, 3.8) is 0 Å². The molecule has 0 amide bonds. The summed E-state index contributed by atoms with van der Waals surface area (Å²) in [7, 11) is 0. The van der Waals surface area contributed by atoms with Gasteiger partial charge in [0.05, 0.1) is 16.7 Å². The first-order chi connectivity index (χ1) is 9.10. The zero-order chi connectivity index (χ0) is 13.8. The van der Waals surface area contributed by atoms with E-state index < -0.39 is 5.82 Å². The summed E-state index contributed by atoms with van der Waals surface area (Å²) in [5, 5.41) is 8.92. The molecule has 0 saturated heterocycles. The smallest absolute Gasteiger partial charge is 0.142 e. The third kappa shape index (κ3) is 3.24. The number of rotatable bonds is 3. The fourth-order valence-electron chi connectivity index (χ4n) is 1.62. The van der Waals surface area contributed by atoms with Gasteiger partial charge in [0.25, 0.3) is 0 Å². The number of hydrogen-bond donors (Lipinski definition) is 0. The molecule has 19 heavy (non-hydrogen) atoms. The number of aryl methyl sites for hydroxylation is 1. The first-order valence-corrected chi connectivity index (χ1v) is 6.05. The van der Waals surface area contributed by atoms with E-state index in [-0.39, 0.29) is 11.6 Å².